The number of aliphatic hydroxyl groups is 2. The lowest BCUT2D eigenvalue weighted by Gasteiger charge is -2.58. The third kappa shape index (κ3) is 5.99. The molecule has 0 aromatic heterocycles. The van der Waals surface area contributed by atoms with Crippen LogP contribution in [0, 0.1) is 10.8 Å². The van der Waals surface area contributed by atoms with Gasteiger partial charge in [0, 0.05) is 11.8 Å². The molecule has 226 valence electrons. The van der Waals surface area contributed by atoms with Crippen molar-refractivity contribution in [3.05, 3.63) is 23.8 Å². The van der Waals surface area contributed by atoms with Gasteiger partial charge in [-0.05, 0) is 57.1 Å². The summed E-state index contributed by atoms with van der Waals surface area (Å²) in [6.07, 6.45) is 19.2. The van der Waals surface area contributed by atoms with Crippen LogP contribution in [0.15, 0.2) is 23.8 Å². The molecule has 0 aromatic rings. The van der Waals surface area contributed by atoms with Gasteiger partial charge in [-0.1, -0.05) is 77.4 Å². The number of epoxide rings is 1. The summed E-state index contributed by atoms with van der Waals surface area (Å²) in [6.45, 7) is 6.12. The number of esters is 1. The Morgan fingerprint density at radius 1 is 1.02 bits per heavy atom. The Balaban J connectivity index is 1.17. The summed E-state index contributed by atoms with van der Waals surface area (Å²) in [5, 5.41) is 22.1. The van der Waals surface area contributed by atoms with Gasteiger partial charge in [-0.3, -0.25) is 9.59 Å². The minimum atomic E-state index is -1.40. The van der Waals surface area contributed by atoms with Gasteiger partial charge in [-0.15, -0.1) is 0 Å². The molecule has 7 nitrogen and oxygen atoms in total. The number of rotatable bonds is 17. The quantitative estimate of drug-likeness (QED) is 0.101. The maximum atomic E-state index is 13.0. The Morgan fingerprint density at radius 3 is 2.25 bits per heavy atom. The Hall–Kier alpha value is -1.54. The lowest BCUT2D eigenvalue weighted by atomic mass is 9.50. The van der Waals surface area contributed by atoms with Gasteiger partial charge in [0.25, 0.3) is 0 Å². The van der Waals surface area contributed by atoms with Crippen LogP contribution in [0.3, 0.4) is 0 Å². The van der Waals surface area contributed by atoms with E-state index in [0.717, 1.165) is 32.1 Å². The second-order valence-corrected chi connectivity index (χ2v) is 12.9. The first kappa shape index (κ1) is 31.4. The smallest absolute Gasteiger partial charge is 0.305 e. The number of ether oxygens (including phenoxy) is 3. The molecule has 2 aliphatic carbocycles. The van der Waals surface area contributed by atoms with E-state index in [1.54, 1.807) is 13.0 Å². The van der Waals surface area contributed by atoms with E-state index in [2.05, 4.69) is 19.1 Å². The van der Waals surface area contributed by atoms with Crippen LogP contribution in [0.25, 0.3) is 0 Å². The molecule has 0 radical (unpaired) electrons. The molecule has 2 saturated heterocycles. The summed E-state index contributed by atoms with van der Waals surface area (Å²) >= 11 is 0. The van der Waals surface area contributed by atoms with Crippen LogP contribution in [0.2, 0.25) is 0 Å². The molecule has 4 aliphatic rings. The van der Waals surface area contributed by atoms with Crippen molar-refractivity contribution in [1.82, 2.24) is 0 Å². The number of Topliss-reactive ketones (excluding diaryl/α,β-unsaturated/α-hetero) is 1. The molecular formula is C33H52O7. The average molecular weight is 561 g/mol. The summed E-state index contributed by atoms with van der Waals surface area (Å²) in [5.74, 6) is -0.711. The lowest BCUT2D eigenvalue weighted by Crippen LogP contribution is -2.70. The second kappa shape index (κ2) is 13.6. The Kier molecular flexibility index (Phi) is 10.7. The molecular weight excluding hydrogens is 508 g/mol. The van der Waals surface area contributed by atoms with Crippen molar-refractivity contribution < 1.29 is 34.0 Å². The van der Waals surface area contributed by atoms with Gasteiger partial charge in [0.1, 0.15) is 24.4 Å². The Labute approximate surface area is 240 Å². The molecule has 2 bridgehead atoms. The van der Waals surface area contributed by atoms with Gasteiger partial charge < -0.3 is 24.4 Å². The minimum Gasteiger partial charge on any atom is -0.465 e. The van der Waals surface area contributed by atoms with Crippen molar-refractivity contribution in [2.75, 3.05) is 13.2 Å². The molecule has 7 heteroatoms. The van der Waals surface area contributed by atoms with Crippen LogP contribution >= 0.6 is 0 Å². The van der Waals surface area contributed by atoms with Crippen molar-refractivity contribution >= 4 is 11.8 Å². The minimum absolute atomic E-state index is 0.140. The number of ketones is 1. The van der Waals surface area contributed by atoms with Crippen molar-refractivity contribution in [2.24, 2.45) is 10.8 Å². The first-order valence-corrected chi connectivity index (χ1v) is 15.9. The van der Waals surface area contributed by atoms with Crippen LogP contribution in [-0.2, 0) is 23.8 Å². The number of hydrogen-bond donors (Lipinski definition) is 2. The summed E-state index contributed by atoms with van der Waals surface area (Å²) < 4.78 is 17.9. The molecule has 4 rings (SSSR count). The Bertz CT molecular complexity index is 937. The molecule has 0 aromatic carbocycles. The zero-order valence-electron chi connectivity index (χ0n) is 25.0. The van der Waals surface area contributed by atoms with E-state index in [1.165, 1.54) is 51.4 Å². The van der Waals surface area contributed by atoms with Crippen LogP contribution in [0.1, 0.15) is 117 Å². The van der Waals surface area contributed by atoms with Crippen LogP contribution in [0.5, 0.6) is 0 Å². The number of carbonyl (C=O) groups excluding carboxylic acids is 2. The molecule has 3 fully saturated rings. The van der Waals surface area contributed by atoms with E-state index in [4.69, 9.17) is 14.2 Å². The summed E-state index contributed by atoms with van der Waals surface area (Å²) in [7, 11) is 0. The van der Waals surface area contributed by atoms with Crippen LogP contribution in [-0.4, -0.2) is 65.2 Å². The number of allylic oxidation sites excluding steroid dienone is 2. The summed E-state index contributed by atoms with van der Waals surface area (Å²) in [4.78, 5) is 25.7. The normalized spacial score (nSPS) is 36.2. The molecule has 1 spiro atoms. The number of unbranched alkanes of at least 4 members (excludes halogenated alkanes) is 11. The highest BCUT2D eigenvalue weighted by molar-refractivity contribution is 6.00. The van der Waals surface area contributed by atoms with Gasteiger partial charge in [-0.25, -0.2) is 0 Å². The number of carbonyl (C=O) groups is 2. The third-order valence-corrected chi connectivity index (χ3v) is 10.3. The monoisotopic (exact) mass is 560 g/mol. The van der Waals surface area contributed by atoms with E-state index in [9.17, 15) is 19.8 Å². The topological polar surface area (TPSA) is 106 Å². The first-order valence-electron chi connectivity index (χ1n) is 15.9. The molecule has 2 N–H and O–H groups in total. The number of hydrogen-bond acceptors (Lipinski definition) is 7. The predicted octanol–water partition coefficient (Wildman–Crippen LogP) is 5.75. The summed E-state index contributed by atoms with van der Waals surface area (Å²) in [6, 6.07) is 0. The standard InChI is InChI=1S/C33H52O7/c1-4-5-6-7-8-9-10-11-12-13-14-15-16-17-18-19-27(35)38-22-32-26(20-24(2)28(36)29(32)37)40-30-25(34)21-31(32,3)33(30)23-39-33/h11-12,20,25-26,29-30,34,37H,4-10,13-19,21-23H2,1-3H3/b12-11+/t25-,26-,29-,30-,31-,32-,33?/m1/s1. The fourth-order valence-corrected chi connectivity index (χ4v) is 7.60. The van der Waals surface area contributed by atoms with Gasteiger partial charge >= 0.3 is 5.97 Å². The summed E-state index contributed by atoms with van der Waals surface area (Å²) in [5.41, 5.74) is -2.31. The van der Waals surface area contributed by atoms with Crippen LogP contribution in [0.4, 0.5) is 0 Å². The molecule has 1 saturated carbocycles. The van der Waals surface area contributed by atoms with E-state index in [1.807, 2.05) is 6.92 Å². The highest BCUT2D eigenvalue weighted by atomic mass is 16.6. The second-order valence-electron chi connectivity index (χ2n) is 12.9. The highest BCUT2D eigenvalue weighted by Gasteiger charge is 2.83. The molecule has 1 unspecified atom stereocenters. The van der Waals surface area contributed by atoms with Crippen molar-refractivity contribution in [2.45, 2.75) is 147 Å². The molecule has 2 aliphatic heterocycles. The fourth-order valence-electron chi connectivity index (χ4n) is 7.60. The highest BCUT2D eigenvalue weighted by Crippen LogP contribution is 2.71. The molecule has 40 heavy (non-hydrogen) atoms. The van der Waals surface area contributed by atoms with Gasteiger partial charge in [0.05, 0.1) is 24.2 Å². The molecule has 0 amide bonds. The van der Waals surface area contributed by atoms with Crippen molar-refractivity contribution in [3.8, 4) is 0 Å². The fraction of sp³-hybridized carbons (Fsp3) is 0.818. The zero-order valence-corrected chi connectivity index (χ0v) is 25.0. The maximum Gasteiger partial charge on any atom is 0.305 e. The molecule has 2 heterocycles. The zero-order chi connectivity index (χ0) is 28.8. The predicted molar refractivity (Wildman–Crippen MR) is 154 cm³/mol. The first-order chi connectivity index (χ1) is 19.2. The van der Waals surface area contributed by atoms with E-state index in [0.29, 0.717) is 25.0 Å². The Morgan fingerprint density at radius 2 is 1.62 bits per heavy atom. The SMILES string of the molecule is CCCCCCCC/C=C/CCCCCCCC(=O)OC[C@]12[C@H](O)C(=O)C(C)=C[C@H]1O[C@@H]1[C@H](O)C[C@@]2(C)C12CO2. The van der Waals surface area contributed by atoms with E-state index >= 15 is 0 Å². The van der Waals surface area contributed by atoms with Crippen molar-refractivity contribution in [3.63, 3.8) is 0 Å². The number of fused-ring (bicyclic) bond motifs is 2. The van der Waals surface area contributed by atoms with Gasteiger partial charge in [0.15, 0.2) is 5.78 Å². The largest absolute Gasteiger partial charge is 0.465 e. The maximum absolute atomic E-state index is 13.0. The molecule has 7 atom stereocenters. The van der Waals surface area contributed by atoms with E-state index in [-0.39, 0.29) is 18.4 Å². The van der Waals surface area contributed by atoms with Crippen LogP contribution < -0.4 is 0 Å². The van der Waals surface area contributed by atoms with Gasteiger partial charge in [-0.2, -0.15) is 0 Å². The van der Waals surface area contributed by atoms with E-state index < -0.39 is 40.8 Å². The lowest BCUT2D eigenvalue weighted by molar-refractivity contribution is -0.247. The van der Waals surface area contributed by atoms with Gasteiger partial charge in [0.2, 0.25) is 0 Å². The third-order valence-electron chi connectivity index (χ3n) is 10.3. The number of aliphatic hydroxyl groups excluding tert-OH is 2. The average Bonchev–Trinajstić information content (AvgIpc) is 3.71. The van der Waals surface area contributed by atoms with Crippen molar-refractivity contribution in [1.29, 1.82) is 0 Å².